The van der Waals surface area contributed by atoms with Crippen LogP contribution in [0.15, 0.2) is 48.5 Å². The fourth-order valence-electron chi connectivity index (χ4n) is 2.84. The molecule has 31 heavy (non-hydrogen) atoms. The van der Waals surface area contributed by atoms with Crippen LogP contribution in [0.2, 0.25) is 0 Å². The molecule has 0 amide bonds. The number of sulfonamides is 2. The van der Waals surface area contributed by atoms with E-state index in [1.165, 1.54) is 0 Å². The van der Waals surface area contributed by atoms with Gasteiger partial charge in [0.1, 0.15) is 12.4 Å². The molecule has 2 rings (SSSR count). The summed E-state index contributed by atoms with van der Waals surface area (Å²) >= 11 is 0. The Bertz CT molecular complexity index is 1020. The molecule has 0 aliphatic rings. The van der Waals surface area contributed by atoms with E-state index in [1.54, 1.807) is 36.4 Å². The van der Waals surface area contributed by atoms with Gasteiger partial charge in [-0.05, 0) is 48.4 Å². The smallest absolute Gasteiger partial charge is 0.229 e. The van der Waals surface area contributed by atoms with Gasteiger partial charge in [0.15, 0.2) is 0 Å². The molecule has 0 heterocycles. The summed E-state index contributed by atoms with van der Waals surface area (Å²) in [6, 6.07) is 13.8. The van der Waals surface area contributed by atoms with Gasteiger partial charge < -0.3 is 9.84 Å². The van der Waals surface area contributed by atoms with Crippen LogP contribution in [0.1, 0.15) is 5.56 Å². The maximum Gasteiger partial charge on any atom is 0.229 e. The third-order valence-electron chi connectivity index (χ3n) is 4.22. The van der Waals surface area contributed by atoms with Crippen molar-refractivity contribution >= 4 is 31.4 Å². The molecule has 0 aromatic heterocycles. The van der Waals surface area contributed by atoms with Crippen LogP contribution in [-0.2, 0) is 26.5 Å². The summed E-state index contributed by atoms with van der Waals surface area (Å²) in [5.41, 5.74) is 2.04. The number of benzene rings is 2. The van der Waals surface area contributed by atoms with Crippen molar-refractivity contribution in [2.24, 2.45) is 0 Å². The lowest BCUT2D eigenvalue weighted by atomic mass is 10.1. The van der Waals surface area contributed by atoms with Crippen LogP contribution >= 0.6 is 0 Å². The molecule has 0 fully saturated rings. The van der Waals surface area contributed by atoms with E-state index < -0.39 is 20.0 Å². The second kappa shape index (κ2) is 11.3. The van der Waals surface area contributed by atoms with Crippen molar-refractivity contribution < 1.29 is 26.7 Å². The van der Waals surface area contributed by atoms with Gasteiger partial charge in [0.2, 0.25) is 20.0 Å². The number of hydrogen-bond acceptors (Lipinski definition) is 7. The van der Waals surface area contributed by atoms with Crippen LogP contribution in [0.25, 0.3) is 0 Å². The summed E-state index contributed by atoms with van der Waals surface area (Å²) < 4.78 is 55.5. The zero-order chi connectivity index (χ0) is 22.9. The highest BCUT2D eigenvalue weighted by Crippen LogP contribution is 2.16. The first-order valence-electron chi connectivity index (χ1n) is 9.65. The van der Waals surface area contributed by atoms with Gasteiger partial charge in [-0.2, -0.15) is 0 Å². The lowest BCUT2D eigenvalue weighted by Crippen LogP contribution is -2.33. The number of rotatable bonds is 13. The first-order chi connectivity index (χ1) is 14.5. The van der Waals surface area contributed by atoms with Crippen LogP contribution < -0.4 is 14.2 Å². The quantitative estimate of drug-likeness (QED) is 0.403. The first kappa shape index (κ1) is 24.9. The molecular formula is C20H29N3O6S2. The van der Waals surface area contributed by atoms with E-state index in [2.05, 4.69) is 14.3 Å². The van der Waals surface area contributed by atoms with Crippen LogP contribution in [0.4, 0.5) is 11.4 Å². The molecule has 0 aliphatic heterocycles. The second-order valence-electron chi connectivity index (χ2n) is 7.13. The van der Waals surface area contributed by atoms with E-state index in [4.69, 9.17) is 4.74 Å². The minimum atomic E-state index is -3.32. The minimum absolute atomic E-state index is 0.0308. The Balaban J connectivity index is 1.81. The molecule has 0 atom stereocenters. The van der Waals surface area contributed by atoms with Gasteiger partial charge in [0.05, 0.1) is 19.1 Å². The number of nitrogens with zero attached hydrogens (tertiary/aromatic N) is 1. The molecule has 0 aliphatic carbocycles. The van der Waals surface area contributed by atoms with Crippen molar-refractivity contribution in [3.8, 4) is 5.75 Å². The second-order valence-corrected chi connectivity index (χ2v) is 10.6. The van der Waals surface area contributed by atoms with Crippen molar-refractivity contribution in [3.63, 3.8) is 0 Å². The molecule has 0 saturated heterocycles. The van der Waals surface area contributed by atoms with Crippen molar-refractivity contribution in [2.45, 2.75) is 6.42 Å². The summed E-state index contributed by atoms with van der Waals surface area (Å²) in [5, 5.41) is 9.31. The molecule has 0 unspecified atom stereocenters. The van der Waals surface area contributed by atoms with Crippen molar-refractivity contribution in [3.05, 3.63) is 54.1 Å². The lowest BCUT2D eigenvalue weighted by molar-refractivity contribution is 0.169. The van der Waals surface area contributed by atoms with Crippen molar-refractivity contribution in [2.75, 3.05) is 54.8 Å². The van der Waals surface area contributed by atoms with E-state index in [0.717, 1.165) is 24.5 Å². The van der Waals surface area contributed by atoms with Gasteiger partial charge >= 0.3 is 0 Å². The van der Waals surface area contributed by atoms with Gasteiger partial charge in [0.25, 0.3) is 0 Å². The molecular weight excluding hydrogens is 442 g/mol. The van der Waals surface area contributed by atoms with E-state index >= 15 is 0 Å². The van der Waals surface area contributed by atoms with E-state index in [1.807, 2.05) is 12.1 Å². The highest BCUT2D eigenvalue weighted by Gasteiger charge is 2.07. The van der Waals surface area contributed by atoms with Gasteiger partial charge in [0, 0.05) is 31.0 Å². The topological polar surface area (TPSA) is 125 Å². The van der Waals surface area contributed by atoms with E-state index in [9.17, 15) is 21.9 Å². The molecule has 0 saturated carbocycles. The average molecular weight is 472 g/mol. The molecule has 172 valence electrons. The predicted molar refractivity (Wildman–Crippen MR) is 123 cm³/mol. The summed E-state index contributed by atoms with van der Waals surface area (Å²) in [6.07, 6.45) is 2.94. The Kier molecular flexibility index (Phi) is 9.11. The molecule has 3 N–H and O–H groups in total. The van der Waals surface area contributed by atoms with Crippen LogP contribution in [-0.4, -0.2) is 72.2 Å². The number of anilines is 2. The molecule has 9 nitrogen and oxygen atoms in total. The van der Waals surface area contributed by atoms with Gasteiger partial charge in [-0.15, -0.1) is 0 Å². The average Bonchev–Trinajstić information content (AvgIpc) is 2.66. The first-order valence-corrected chi connectivity index (χ1v) is 13.4. The maximum absolute atomic E-state index is 11.3. The third-order valence-corrected chi connectivity index (χ3v) is 5.44. The summed E-state index contributed by atoms with van der Waals surface area (Å²) in [4.78, 5) is 2.07. The number of aliphatic hydroxyl groups is 1. The van der Waals surface area contributed by atoms with E-state index in [-0.39, 0.29) is 6.61 Å². The largest absolute Gasteiger partial charge is 0.492 e. The molecule has 2 aromatic rings. The summed E-state index contributed by atoms with van der Waals surface area (Å²) in [7, 11) is -6.61. The predicted octanol–water partition coefficient (Wildman–Crippen LogP) is 1.35. The Hall–Kier alpha value is -2.34. The maximum atomic E-state index is 11.3. The summed E-state index contributed by atoms with van der Waals surface area (Å²) in [6.45, 7) is 2.27. The number of hydrogen-bond donors (Lipinski definition) is 3. The van der Waals surface area contributed by atoms with Crippen LogP contribution in [0, 0.1) is 0 Å². The molecule has 2 aromatic carbocycles. The van der Waals surface area contributed by atoms with Crippen LogP contribution in [0.3, 0.4) is 0 Å². The van der Waals surface area contributed by atoms with Gasteiger partial charge in [-0.1, -0.05) is 12.1 Å². The summed E-state index contributed by atoms with van der Waals surface area (Å²) in [5.74, 6) is 0.622. The number of nitrogens with one attached hydrogen (secondary N) is 2. The molecule has 0 bridgehead atoms. The standard InChI is InChI=1S/C20H29N3O6S2/c1-30(25,26)21-18-5-3-17(4-6-18)11-12-23(13-15-24)14-16-29-20-9-7-19(8-10-20)22-31(2,27)28/h3-10,21-22,24H,11-16H2,1-2H3. The van der Waals surface area contributed by atoms with Crippen molar-refractivity contribution in [1.82, 2.24) is 4.90 Å². The molecule has 0 spiro atoms. The minimum Gasteiger partial charge on any atom is -0.492 e. The van der Waals surface area contributed by atoms with Crippen molar-refractivity contribution in [1.29, 1.82) is 0 Å². The van der Waals surface area contributed by atoms with Gasteiger partial charge in [-0.25, -0.2) is 16.8 Å². The SMILES string of the molecule is CS(=O)(=O)Nc1ccc(CCN(CCO)CCOc2ccc(NS(C)(=O)=O)cc2)cc1. The Morgan fingerprint density at radius 3 is 1.81 bits per heavy atom. The molecule has 0 radical (unpaired) electrons. The Morgan fingerprint density at radius 1 is 0.806 bits per heavy atom. The Labute approximate surface area is 184 Å². The highest BCUT2D eigenvalue weighted by atomic mass is 32.2. The van der Waals surface area contributed by atoms with E-state index in [0.29, 0.717) is 43.4 Å². The third kappa shape index (κ3) is 10.5. The normalized spacial score (nSPS) is 12.0. The highest BCUT2D eigenvalue weighted by molar-refractivity contribution is 7.92. The zero-order valence-corrected chi connectivity index (χ0v) is 19.2. The lowest BCUT2D eigenvalue weighted by Gasteiger charge is -2.21. The van der Waals surface area contributed by atoms with Gasteiger partial charge in [-0.3, -0.25) is 14.3 Å². The number of ether oxygens (including phenoxy) is 1. The molecule has 11 heteroatoms. The fourth-order valence-corrected chi connectivity index (χ4v) is 3.97. The Morgan fingerprint density at radius 2 is 1.32 bits per heavy atom. The zero-order valence-electron chi connectivity index (χ0n) is 17.6. The fraction of sp³-hybridized carbons (Fsp3) is 0.400. The monoisotopic (exact) mass is 471 g/mol. The van der Waals surface area contributed by atoms with Crippen LogP contribution in [0.5, 0.6) is 5.75 Å². The number of aliphatic hydroxyl groups excluding tert-OH is 1.